The molecule has 4 heteroatoms. The van der Waals surface area contributed by atoms with Crippen LogP contribution in [0.4, 0.5) is 0 Å². The van der Waals surface area contributed by atoms with E-state index in [2.05, 4.69) is 22.0 Å². The van der Waals surface area contributed by atoms with Gasteiger partial charge in [0.2, 0.25) is 0 Å². The lowest BCUT2D eigenvalue weighted by molar-refractivity contribution is 0.195. The van der Waals surface area contributed by atoms with Gasteiger partial charge in [0.15, 0.2) is 0 Å². The molecule has 0 aliphatic rings. The largest absolute Gasteiger partial charge is 0.457 e. The highest BCUT2D eigenvalue weighted by Crippen LogP contribution is 2.32. The van der Waals surface area contributed by atoms with E-state index in [9.17, 15) is 5.11 Å². The number of aryl methyl sites for hydroxylation is 1. The molecule has 1 atom stereocenters. The number of aliphatic hydroxyl groups is 1. The van der Waals surface area contributed by atoms with Crippen LogP contribution in [0.15, 0.2) is 40.9 Å². The molecule has 0 radical (unpaired) electrons. The number of nitriles is 1. The van der Waals surface area contributed by atoms with E-state index < -0.39 is 6.10 Å². The standard InChI is InChI=1S/C16H14BrNO2/c1-10-7-13(4-6-15(10)17)20-16-8-12(9-18)3-5-14(16)11(2)19/h3-8,11,19H,1-2H3/t11-/m0/s1. The zero-order chi connectivity index (χ0) is 14.7. The topological polar surface area (TPSA) is 53.2 Å². The molecule has 1 N–H and O–H groups in total. The summed E-state index contributed by atoms with van der Waals surface area (Å²) in [6, 6.07) is 12.7. The molecule has 102 valence electrons. The van der Waals surface area contributed by atoms with Crippen LogP contribution in [0.3, 0.4) is 0 Å². The van der Waals surface area contributed by atoms with Crippen LogP contribution in [0, 0.1) is 18.3 Å². The molecule has 2 rings (SSSR count). The van der Waals surface area contributed by atoms with Gasteiger partial charge < -0.3 is 9.84 Å². The Hall–Kier alpha value is -1.83. The average Bonchev–Trinajstić information content (AvgIpc) is 2.42. The first-order chi connectivity index (χ1) is 9.51. The van der Waals surface area contributed by atoms with E-state index in [-0.39, 0.29) is 0 Å². The monoisotopic (exact) mass is 331 g/mol. The summed E-state index contributed by atoms with van der Waals surface area (Å²) in [6.45, 7) is 3.64. The molecule has 0 saturated heterocycles. The fourth-order valence-electron chi connectivity index (χ4n) is 1.85. The third-order valence-electron chi connectivity index (χ3n) is 2.95. The second-order valence-corrected chi connectivity index (χ2v) is 5.41. The van der Waals surface area contributed by atoms with Gasteiger partial charge in [-0.3, -0.25) is 0 Å². The van der Waals surface area contributed by atoms with Crippen molar-refractivity contribution >= 4 is 15.9 Å². The first-order valence-electron chi connectivity index (χ1n) is 6.17. The summed E-state index contributed by atoms with van der Waals surface area (Å²) in [5, 5.41) is 18.7. The third-order valence-corrected chi connectivity index (χ3v) is 3.84. The van der Waals surface area contributed by atoms with E-state index in [1.165, 1.54) is 0 Å². The average molecular weight is 332 g/mol. The van der Waals surface area contributed by atoms with E-state index in [4.69, 9.17) is 10.00 Å². The first-order valence-corrected chi connectivity index (χ1v) is 6.96. The summed E-state index contributed by atoms with van der Waals surface area (Å²) in [5.41, 5.74) is 2.21. The lowest BCUT2D eigenvalue weighted by atomic mass is 10.1. The van der Waals surface area contributed by atoms with E-state index in [1.54, 1.807) is 25.1 Å². The number of halogens is 1. The second kappa shape index (κ2) is 6.08. The zero-order valence-electron chi connectivity index (χ0n) is 11.2. The molecule has 0 aliphatic carbocycles. The van der Waals surface area contributed by atoms with Gasteiger partial charge in [0, 0.05) is 10.0 Å². The lowest BCUT2D eigenvalue weighted by Gasteiger charge is -2.14. The highest BCUT2D eigenvalue weighted by Gasteiger charge is 2.11. The quantitative estimate of drug-likeness (QED) is 0.902. The van der Waals surface area contributed by atoms with Crippen molar-refractivity contribution in [3.8, 4) is 17.6 Å². The maximum absolute atomic E-state index is 9.77. The van der Waals surface area contributed by atoms with Crippen LogP contribution >= 0.6 is 15.9 Å². The fourth-order valence-corrected chi connectivity index (χ4v) is 2.09. The Kier molecular flexibility index (Phi) is 4.43. The van der Waals surface area contributed by atoms with Gasteiger partial charge in [-0.15, -0.1) is 0 Å². The van der Waals surface area contributed by atoms with Crippen LogP contribution in [-0.4, -0.2) is 5.11 Å². The van der Waals surface area contributed by atoms with Crippen molar-refractivity contribution in [1.82, 2.24) is 0 Å². The third kappa shape index (κ3) is 3.19. The molecule has 0 amide bonds. The minimum atomic E-state index is -0.658. The highest BCUT2D eigenvalue weighted by molar-refractivity contribution is 9.10. The van der Waals surface area contributed by atoms with Crippen LogP contribution in [0.25, 0.3) is 0 Å². The van der Waals surface area contributed by atoms with Gasteiger partial charge in [-0.2, -0.15) is 5.26 Å². The lowest BCUT2D eigenvalue weighted by Crippen LogP contribution is -1.97. The van der Waals surface area contributed by atoms with Gasteiger partial charge >= 0.3 is 0 Å². The smallest absolute Gasteiger partial charge is 0.134 e. The minimum absolute atomic E-state index is 0.498. The number of hydrogen-bond donors (Lipinski definition) is 1. The van der Waals surface area contributed by atoms with Crippen molar-refractivity contribution < 1.29 is 9.84 Å². The molecule has 3 nitrogen and oxygen atoms in total. The predicted molar refractivity (Wildman–Crippen MR) is 80.7 cm³/mol. The summed E-state index contributed by atoms with van der Waals surface area (Å²) in [6.07, 6.45) is -0.658. The predicted octanol–water partition coefficient (Wildman–Crippen LogP) is 4.47. The van der Waals surface area contributed by atoms with Crippen molar-refractivity contribution in [2.75, 3.05) is 0 Å². The van der Waals surface area contributed by atoms with Crippen molar-refractivity contribution in [1.29, 1.82) is 5.26 Å². The fraction of sp³-hybridized carbons (Fsp3) is 0.188. The molecule has 20 heavy (non-hydrogen) atoms. The van der Waals surface area contributed by atoms with Crippen LogP contribution in [-0.2, 0) is 0 Å². The Bertz CT molecular complexity index is 675. The van der Waals surface area contributed by atoms with Crippen LogP contribution < -0.4 is 4.74 Å². The van der Waals surface area contributed by atoms with Crippen molar-refractivity contribution in [2.45, 2.75) is 20.0 Å². The molecule has 0 aromatic heterocycles. The van der Waals surface area contributed by atoms with Crippen LogP contribution in [0.1, 0.15) is 29.7 Å². The second-order valence-electron chi connectivity index (χ2n) is 4.55. The van der Waals surface area contributed by atoms with Crippen LogP contribution in [0.5, 0.6) is 11.5 Å². The normalized spacial score (nSPS) is 11.8. The maximum atomic E-state index is 9.77. The van der Waals surface area contributed by atoms with E-state index >= 15 is 0 Å². The summed E-state index contributed by atoms with van der Waals surface area (Å²) in [4.78, 5) is 0. The highest BCUT2D eigenvalue weighted by atomic mass is 79.9. The summed E-state index contributed by atoms with van der Waals surface area (Å²) < 4.78 is 6.82. The molecule has 0 aliphatic heterocycles. The first kappa shape index (κ1) is 14.6. The Balaban J connectivity index is 2.40. The number of nitrogens with zero attached hydrogens (tertiary/aromatic N) is 1. The van der Waals surface area contributed by atoms with Gasteiger partial charge in [-0.25, -0.2) is 0 Å². The Labute approximate surface area is 126 Å². The number of rotatable bonds is 3. The van der Waals surface area contributed by atoms with Crippen molar-refractivity contribution in [3.05, 3.63) is 57.6 Å². The van der Waals surface area contributed by atoms with Gasteiger partial charge in [-0.05, 0) is 49.7 Å². The van der Waals surface area contributed by atoms with Gasteiger partial charge in [0.25, 0.3) is 0 Å². The van der Waals surface area contributed by atoms with Crippen LogP contribution in [0.2, 0.25) is 0 Å². The Morgan fingerprint density at radius 2 is 2.00 bits per heavy atom. The molecule has 0 bridgehead atoms. The molecule has 0 spiro atoms. The summed E-state index contributed by atoms with van der Waals surface area (Å²) >= 11 is 3.44. The number of hydrogen-bond acceptors (Lipinski definition) is 3. The number of ether oxygens (including phenoxy) is 1. The van der Waals surface area contributed by atoms with Crippen molar-refractivity contribution in [3.63, 3.8) is 0 Å². The van der Waals surface area contributed by atoms with Gasteiger partial charge in [0.1, 0.15) is 11.5 Å². The molecular weight excluding hydrogens is 318 g/mol. The molecule has 0 saturated carbocycles. The van der Waals surface area contributed by atoms with Gasteiger partial charge in [0.05, 0.1) is 17.7 Å². The summed E-state index contributed by atoms with van der Waals surface area (Å²) in [7, 11) is 0. The SMILES string of the molecule is Cc1cc(Oc2cc(C#N)ccc2[C@H](C)O)ccc1Br. The maximum Gasteiger partial charge on any atom is 0.134 e. The zero-order valence-corrected chi connectivity index (χ0v) is 12.8. The molecule has 0 unspecified atom stereocenters. The molecule has 2 aromatic carbocycles. The summed E-state index contributed by atoms with van der Waals surface area (Å²) in [5.74, 6) is 1.17. The minimum Gasteiger partial charge on any atom is -0.457 e. The van der Waals surface area contributed by atoms with E-state index in [1.807, 2.05) is 25.1 Å². The molecule has 0 heterocycles. The number of aliphatic hydroxyl groups excluding tert-OH is 1. The Morgan fingerprint density at radius 3 is 2.60 bits per heavy atom. The number of benzene rings is 2. The van der Waals surface area contributed by atoms with Gasteiger partial charge in [-0.1, -0.05) is 22.0 Å². The molecule has 0 fully saturated rings. The van der Waals surface area contributed by atoms with E-state index in [0.717, 1.165) is 10.0 Å². The van der Waals surface area contributed by atoms with Crippen molar-refractivity contribution in [2.24, 2.45) is 0 Å². The molecular formula is C16H14BrNO2. The molecule has 2 aromatic rings. The van der Waals surface area contributed by atoms with E-state index in [0.29, 0.717) is 22.6 Å². The Morgan fingerprint density at radius 1 is 1.25 bits per heavy atom.